The molecule has 5 heteroatoms. The van der Waals surface area contributed by atoms with Gasteiger partial charge in [0.25, 0.3) is 0 Å². The average molecular weight is 630 g/mol. The Kier molecular flexibility index (Phi) is 10.8. The maximum atomic E-state index is 5.78. The van der Waals surface area contributed by atoms with Crippen LogP contribution in [0.5, 0.6) is 17.2 Å². The fraction of sp³-hybridized carbons (Fsp3) is 0. The maximum Gasteiger partial charge on any atom is 0.864 e. The molecule has 7 aromatic carbocycles. The highest BCUT2D eigenvalue weighted by Crippen LogP contribution is 2.54. The molecule has 0 atom stereocenters. The number of para-hydroxylation sites is 3. The highest BCUT2D eigenvalue weighted by Gasteiger charge is 2.47. The van der Waals surface area contributed by atoms with Crippen molar-refractivity contribution in [3.63, 3.8) is 0 Å². The zero-order valence-corrected chi connectivity index (χ0v) is 26.9. The summed E-state index contributed by atoms with van der Waals surface area (Å²) in [4.78, 5) is 0. The summed E-state index contributed by atoms with van der Waals surface area (Å²) in [5.74, 6) is 2.04. The van der Waals surface area contributed by atoms with E-state index in [0.717, 1.165) is 0 Å². The zero-order chi connectivity index (χ0) is 32.0. The zero-order valence-electron chi connectivity index (χ0n) is 26.0. The first-order chi connectivity index (χ1) is 23.3. The van der Waals surface area contributed by atoms with E-state index in [4.69, 9.17) is 14.0 Å². The molecule has 0 aliphatic carbocycles. The number of hydrogen-bond donors (Lipinski definition) is 0. The second kappa shape index (κ2) is 16.1. The molecule has 3 nitrogen and oxygen atoms in total. The van der Waals surface area contributed by atoms with Crippen LogP contribution in [0.3, 0.4) is 0 Å². The molecule has 0 unspecified atom stereocenters. The van der Waals surface area contributed by atoms with Crippen LogP contribution in [0, 0.1) is 0 Å². The van der Waals surface area contributed by atoms with Crippen LogP contribution >= 0.6 is 7.26 Å². The van der Waals surface area contributed by atoms with Gasteiger partial charge in [-0.1, -0.05) is 127 Å². The Bertz CT molecular complexity index is 1620. The van der Waals surface area contributed by atoms with E-state index in [-0.39, 0.29) is 0 Å². The standard InChI is InChI=1S/C24H20P.C18H15BO3/c1-5-13-21(14-6-1)25(22-15-7-2-8-16-22,23-17-9-3-10-18-23)24-19-11-4-12-20-24;1-4-10-16(11-5-1)20-19(21-17-12-6-2-7-13-17)22-18-14-8-3-9-15-18/h1-20H;1-15H/q+1;. The Morgan fingerprint density at radius 2 is 0.447 bits per heavy atom. The second-order valence-corrected chi connectivity index (χ2v) is 14.0. The van der Waals surface area contributed by atoms with Gasteiger partial charge in [-0.25, -0.2) is 0 Å². The largest absolute Gasteiger partial charge is 0.864 e. The van der Waals surface area contributed by atoms with Gasteiger partial charge in [-0.15, -0.1) is 0 Å². The molecular formula is C42H35BO3P+. The van der Waals surface area contributed by atoms with Gasteiger partial charge in [0.05, 0.1) is 0 Å². The third-order valence-corrected chi connectivity index (χ3v) is 11.8. The van der Waals surface area contributed by atoms with Crippen LogP contribution in [0.4, 0.5) is 0 Å². The molecule has 7 rings (SSSR count). The first-order valence-electron chi connectivity index (χ1n) is 15.6. The molecule has 0 saturated heterocycles. The normalized spacial score (nSPS) is 10.6. The Balaban J connectivity index is 0.000000166. The minimum absolute atomic E-state index is 0.680. The van der Waals surface area contributed by atoms with E-state index >= 15 is 0 Å². The van der Waals surface area contributed by atoms with Crippen molar-refractivity contribution in [2.45, 2.75) is 0 Å². The van der Waals surface area contributed by atoms with Crippen LogP contribution in [0.25, 0.3) is 0 Å². The molecule has 0 radical (unpaired) electrons. The molecule has 7 aromatic rings. The maximum absolute atomic E-state index is 5.78. The summed E-state index contributed by atoms with van der Waals surface area (Å²) in [5.41, 5.74) is 0. The van der Waals surface area contributed by atoms with Crippen LogP contribution in [-0.4, -0.2) is 7.32 Å². The molecule has 0 aromatic heterocycles. The SMILES string of the molecule is c1ccc(OB(Oc2ccccc2)Oc2ccccc2)cc1.c1ccc([P+](c2ccccc2)(c2ccccc2)c2ccccc2)cc1. The smallest absolute Gasteiger partial charge is 0.490 e. The first kappa shape index (κ1) is 31.4. The fourth-order valence-corrected chi connectivity index (χ4v) is 9.67. The summed E-state index contributed by atoms with van der Waals surface area (Å²) in [6.45, 7) is 0. The van der Waals surface area contributed by atoms with Crippen LogP contribution in [-0.2, 0) is 0 Å². The lowest BCUT2D eigenvalue weighted by Crippen LogP contribution is -2.38. The summed E-state index contributed by atoms with van der Waals surface area (Å²) in [5, 5.41) is 5.55. The van der Waals surface area contributed by atoms with E-state index in [0.29, 0.717) is 17.2 Å². The van der Waals surface area contributed by atoms with Crippen molar-refractivity contribution in [2.75, 3.05) is 0 Å². The topological polar surface area (TPSA) is 27.7 Å². The number of hydrogen-bond acceptors (Lipinski definition) is 3. The van der Waals surface area contributed by atoms with E-state index in [1.165, 1.54) is 21.2 Å². The Hall–Kier alpha value is -5.57. The molecule has 0 bridgehead atoms. The molecule has 0 spiro atoms. The first-order valence-corrected chi connectivity index (χ1v) is 17.4. The summed E-state index contributed by atoms with van der Waals surface area (Å²) in [6.07, 6.45) is 0. The van der Waals surface area contributed by atoms with Crippen molar-refractivity contribution >= 4 is 35.8 Å². The van der Waals surface area contributed by atoms with Gasteiger partial charge >= 0.3 is 7.32 Å². The molecule has 0 saturated carbocycles. The second-order valence-electron chi connectivity index (χ2n) is 10.6. The van der Waals surface area contributed by atoms with Gasteiger partial charge in [0, 0.05) is 0 Å². The Labute approximate surface area is 278 Å². The molecule has 0 fully saturated rings. The Morgan fingerprint density at radius 3 is 0.660 bits per heavy atom. The molecular weight excluding hydrogens is 594 g/mol. The van der Waals surface area contributed by atoms with Crippen molar-refractivity contribution in [1.29, 1.82) is 0 Å². The van der Waals surface area contributed by atoms with Crippen LogP contribution < -0.4 is 35.2 Å². The van der Waals surface area contributed by atoms with Crippen molar-refractivity contribution in [2.24, 2.45) is 0 Å². The van der Waals surface area contributed by atoms with E-state index in [9.17, 15) is 0 Å². The predicted octanol–water partition coefficient (Wildman–Crippen LogP) is 8.51. The summed E-state index contributed by atoms with van der Waals surface area (Å²) in [6, 6.07) is 72.2. The van der Waals surface area contributed by atoms with E-state index in [1.54, 1.807) is 0 Å². The van der Waals surface area contributed by atoms with Crippen LogP contribution in [0.2, 0.25) is 0 Å². The average Bonchev–Trinajstić information content (AvgIpc) is 3.15. The van der Waals surface area contributed by atoms with Crippen LogP contribution in [0.1, 0.15) is 0 Å². The number of benzene rings is 7. The molecule has 0 N–H and O–H groups in total. The minimum Gasteiger partial charge on any atom is -0.490 e. The van der Waals surface area contributed by atoms with Gasteiger partial charge in [0.15, 0.2) is 0 Å². The molecule has 47 heavy (non-hydrogen) atoms. The summed E-state index contributed by atoms with van der Waals surface area (Å²) < 4.78 is 17.3. The molecule has 0 aliphatic rings. The van der Waals surface area contributed by atoms with Gasteiger partial charge in [0.2, 0.25) is 0 Å². The summed E-state index contributed by atoms with van der Waals surface area (Å²) >= 11 is 0. The number of rotatable bonds is 10. The predicted molar refractivity (Wildman–Crippen MR) is 198 cm³/mol. The van der Waals surface area contributed by atoms with E-state index in [1.807, 2.05) is 91.0 Å². The highest BCUT2D eigenvalue weighted by atomic mass is 31.2. The van der Waals surface area contributed by atoms with Crippen molar-refractivity contribution < 1.29 is 14.0 Å². The lowest BCUT2D eigenvalue weighted by Gasteiger charge is -2.27. The monoisotopic (exact) mass is 629 g/mol. The molecule has 0 aliphatic heterocycles. The van der Waals surface area contributed by atoms with E-state index in [2.05, 4.69) is 121 Å². The van der Waals surface area contributed by atoms with E-state index < -0.39 is 14.6 Å². The van der Waals surface area contributed by atoms with Crippen LogP contribution in [0.15, 0.2) is 212 Å². The Morgan fingerprint density at radius 1 is 0.255 bits per heavy atom. The van der Waals surface area contributed by atoms with Gasteiger partial charge < -0.3 is 14.0 Å². The highest BCUT2D eigenvalue weighted by molar-refractivity contribution is 8.01. The molecule has 0 amide bonds. The fourth-order valence-electron chi connectivity index (χ4n) is 5.40. The van der Waals surface area contributed by atoms with Crippen molar-refractivity contribution in [1.82, 2.24) is 0 Å². The lowest BCUT2D eigenvalue weighted by molar-refractivity contribution is 0.307. The van der Waals surface area contributed by atoms with Gasteiger partial charge in [0.1, 0.15) is 45.7 Å². The quantitative estimate of drug-likeness (QED) is 0.112. The third kappa shape index (κ3) is 8.00. The van der Waals surface area contributed by atoms with Crippen molar-refractivity contribution in [3.05, 3.63) is 212 Å². The van der Waals surface area contributed by atoms with Crippen molar-refractivity contribution in [3.8, 4) is 17.2 Å². The van der Waals surface area contributed by atoms with Gasteiger partial charge in [-0.3, -0.25) is 0 Å². The minimum atomic E-state index is -1.91. The molecule has 0 heterocycles. The van der Waals surface area contributed by atoms with Gasteiger partial charge in [-0.2, -0.15) is 0 Å². The molecule has 228 valence electrons. The summed E-state index contributed by atoms with van der Waals surface area (Å²) in [7, 11) is -2.77. The lowest BCUT2D eigenvalue weighted by atomic mass is 10.2. The third-order valence-electron chi connectivity index (χ3n) is 7.50. The van der Waals surface area contributed by atoms with Gasteiger partial charge in [-0.05, 0) is 84.9 Å².